The fourth-order valence-electron chi connectivity index (χ4n) is 6.02. The lowest BCUT2D eigenvalue weighted by Crippen LogP contribution is -2.35. The number of thioether (sulfide) groups is 1. The maximum atomic E-state index is 12.0. The van der Waals surface area contributed by atoms with Crippen LogP contribution in [0.25, 0.3) is 22.3 Å². The summed E-state index contributed by atoms with van der Waals surface area (Å²) in [7, 11) is 3.90. The molecule has 2 aromatic heterocycles. The minimum atomic E-state index is 0.0224. The normalized spacial score (nSPS) is 16.9. The molecule has 2 aromatic carbocycles. The Bertz CT molecular complexity index is 1550. The average Bonchev–Trinajstić information content (AvgIpc) is 3.20. The highest BCUT2D eigenvalue weighted by Gasteiger charge is 2.25. The van der Waals surface area contributed by atoms with Crippen molar-refractivity contribution in [3.05, 3.63) is 59.3 Å². The second-order valence-electron chi connectivity index (χ2n) is 11.2. The van der Waals surface area contributed by atoms with Gasteiger partial charge in [-0.1, -0.05) is 49.2 Å². The molecule has 1 aliphatic carbocycles. The Kier molecular flexibility index (Phi) is 7.78. The number of fused-ring (bicyclic) bond motifs is 3. The number of likely N-dealkylation sites (N-methyl/N-ethyl adjacent to an activating group) is 1. The minimum absolute atomic E-state index is 0.0224. The van der Waals surface area contributed by atoms with E-state index in [1.807, 2.05) is 20.0 Å². The van der Waals surface area contributed by atoms with Gasteiger partial charge in [0.05, 0.1) is 11.2 Å². The number of carbonyl (C=O) groups excluding carboxylic acids is 1. The number of hydrogen-bond donors (Lipinski definition) is 0. The van der Waals surface area contributed by atoms with Crippen molar-refractivity contribution >= 4 is 34.3 Å². The smallest absolute Gasteiger partial charge is 0.264 e. The van der Waals surface area contributed by atoms with Crippen LogP contribution in [-0.4, -0.2) is 45.1 Å². The van der Waals surface area contributed by atoms with Gasteiger partial charge in [0.25, 0.3) is 5.91 Å². The van der Waals surface area contributed by atoms with E-state index in [1.165, 1.54) is 49.7 Å². The van der Waals surface area contributed by atoms with E-state index in [2.05, 4.69) is 63.2 Å². The van der Waals surface area contributed by atoms with E-state index in [0.717, 1.165) is 69.1 Å². The Morgan fingerprint density at radius 3 is 2.67 bits per heavy atom. The van der Waals surface area contributed by atoms with E-state index >= 15 is 0 Å². The van der Waals surface area contributed by atoms with Gasteiger partial charge < -0.3 is 14.2 Å². The number of rotatable bonds is 8. The number of aromatic nitrogens is 4. The average molecular weight is 556 g/mol. The van der Waals surface area contributed by atoms with Gasteiger partial charge in [0.15, 0.2) is 17.6 Å². The summed E-state index contributed by atoms with van der Waals surface area (Å²) in [6.45, 7) is 2.16. The van der Waals surface area contributed by atoms with Gasteiger partial charge in [0.2, 0.25) is 0 Å². The van der Waals surface area contributed by atoms with Crippen LogP contribution < -0.4 is 9.64 Å². The Morgan fingerprint density at radius 2 is 1.82 bits per heavy atom. The van der Waals surface area contributed by atoms with Crippen LogP contribution in [0.3, 0.4) is 0 Å². The first-order valence-corrected chi connectivity index (χ1v) is 15.4. The quantitative estimate of drug-likeness (QED) is 0.140. The maximum Gasteiger partial charge on any atom is 0.264 e. The molecule has 7 nitrogen and oxygen atoms in total. The van der Waals surface area contributed by atoms with Gasteiger partial charge in [-0.25, -0.2) is 0 Å². The largest absolute Gasteiger partial charge is 0.482 e. The van der Waals surface area contributed by atoms with E-state index in [1.54, 1.807) is 16.7 Å². The number of unbranched alkanes of at least 4 members (excludes halogenated alkanes) is 2. The molecule has 8 heteroatoms. The molecule has 0 saturated heterocycles. The van der Waals surface area contributed by atoms with E-state index in [0.29, 0.717) is 0 Å². The van der Waals surface area contributed by atoms with Gasteiger partial charge in [-0.05, 0) is 80.3 Å². The molecular weight excluding hydrogens is 518 g/mol. The van der Waals surface area contributed by atoms with Crippen LogP contribution in [-0.2, 0) is 24.7 Å². The zero-order chi connectivity index (χ0) is 27.6. The lowest BCUT2D eigenvalue weighted by Gasteiger charge is -2.27. The van der Waals surface area contributed by atoms with E-state index in [-0.39, 0.29) is 12.5 Å². The van der Waals surface area contributed by atoms with Gasteiger partial charge in [0.1, 0.15) is 5.75 Å². The number of pyridine rings is 1. The molecule has 2 aliphatic rings. The molecule has 6 rings (SSSR count). The number of nitrogens with zero attached hydrogens (tertiary/aromatic N) is 5. The summed E-state index contributed by atoms with van der Waals surface area (Å²) >= 11 is 1.80. The van der Waals surface area contributed by atoms with Crippen LogP contribution in [0, 0.1) is 12.8 Å². The van der Waals surface area contributed by atoms with Crippen molar-refractivity contribution in [1.82, 2.24) is 19.7 Å². The van der Waals surface area contributed by atoms with Gasteiger partial charge in [-0.15, -0.1) is 10.2 Å². The van der Waals surface area contributed by atoms with Crippen molar-refractivity contribution in [2.24, 2.45) is 13.0 Å². The summed E-state index contributed by atoms with van der Waals surface area (Å²) in [4.78, 5) is 18.4. The predicted molar refractivity (Wildman–Crippen MR) is 161 cm³/mol. The first-order valence-electron chi connectivity index (χ1n) is 14.4. The van der Waals surface area contributed by atoms with Crippen LogP contribution in [0.4, 0.5) is 5.69 Å². The molecule has 1 unspecified atom stereocenters. The Labute approximate surface area is 240 Å². The summed E-state index contributed by atoms with van der Waals surface area (Å²) in [5, 5.41) is 11.1. The van der Waals surface area contributed by atoms with Gasteiger partial charge in [-0.2, -0.15) is 0 Å². The molecule has 4 aromatic rings. The Balaban J connectivity index is 0.972. The third kappa shape index (κ3) is 5.46. The third-order valence-electron chi connectivity index (χ3n) is 8.45. The standard InChI is InChI=1S/C32H37N5O2S/c1-21-11-16-25-26(9-7-10-27(25)33-21)31-34-35-32(37(31)3)40-17-6-4-5-8-22-12-14-23-18-28-29(19-24(23)15-13-22)39-20-30(38)36(28)2/h7,9-11,16,18-19,22H,4-6,8,12-15,17,20H2,1-3H3. The SMILES string of the molecule is Cc1ccc2c(-c3nnc(SCCCCCC4CCc5cc6c(cc5CC4)N(C)C(=O)CO6)n3C)cccc2n1. The number of carbonyl (C=O) groups is 1. The molecule has 1 amide bonds. The van der Waals surface area contributed by atoms with Gasteiger partial charge in [-0.3, -0.25) is 9.78 Å². The highest BCUT2D eigenvalue weighted by atomic mass is 32.2. The molecule has 0 spiro atoms. The van der Waals surface area contributed by atoms with Crippen LogP contribution >= 0.6 is 11.8 Å². The predicted octanol–water partition coefficient (Wildman–Crippen LogP) is 6.54. The lowest BCUT2D eigenvalue weighted by atomic mass is 9.93. The monoisotopic (exact) mass is 555 g/mol. The highest BCUT2D eigenvalue weighted by molar-refractivity contribution is 7.99. The summed E-state index contributed by atoms with van der Waals surface area (Å²) < 4.78 is 7.83. The molecule has 40 heavy (non-hydrogen) atoms. The fraction of sp³-hybridized carbons (Fsp3) is 0.438. The third-order valence-corrected chi connectivity index (χ3v) is 9.55. The molecular formula is C32H37N5O2S. The van der Waals surface area contributed by atoms with E-state index < -0.39 is 0 Å². The number of hydrogen-bond acceptors (Lipinski definition) is 6. The van der Waals surface area contributed by atoms with Gasteiger partial charge in [0, 0.05) is 36.5 Å². The molecule has 0 bridgehead atoms. The van der Waals surface area contributed by atoms with Crippen LogP contribution in [0.15, 0.2) is 47.6 Å². The summed E-state index contributed by atoms with van der Waals surface area (Å²) in [5.74, 6) is 3.58. The van der Waals surface area contributed by atoms with Crippen molar-refractivity contribution in [3.8, 4) is 17.1 Å². The second-order valence-corrected chi connectivity index (χ2v) is 12.2. The molecule has 0 fully saturated rings. The highest BCUT2D eigenvalue weighted by Crippen LogP contribution is 2.38. The summed E-state index contributed by atoms with van der Waals surface area (Å²) in [5.41, 5.74) is 6.79. The van der Waals surface area contributed by atoms with Gasteiger partial charge >= 0.3 is 0 Å². The van der Waals surface area contributed by atoms with Crippen LogP contribution in [0.2, 0.25) is 0 Å². The number of ether oxygens (including phenoxy) is 1. The Morgan fingerprint density at radius 1 is 1.00 bits per heavy atom. The zero-order valence-electron chi connectivity index (χ0n) is 23.7. The maximum absolute atomic E-state index is 12.0. The molecule has 208 valence electrons. The van der Waals surface area contributed by atoms with Crippen LogP contribution in [0.5, 0.6) is 5.75 Å². The molecule has 0 saturated carbocycles. The topological polar surface area (TPSA) is 73.1 Å². The number of amides is 1. The van der Waals surface area contributed by atoms with Crippen molar-refractivity contribution in [2.45, 2.75) is 63.4 Å². The van der Waals surface area contributed by atoms with Crippen molar-refractivity contribution in [1.29, 1.82) is 0 Å². The number of anilines is 1. The van der Waals surface area contributed by atoms with E-state index in [9.17, 15) is 4.79 Å². The first kappa shape index (κ1) is 26.8. The molecule has 1 aliphatic heterocycles. The molecule has 0 radical (unpaired) electrons. The zero-order valence-corrected chi connectivity index (χ0v) is 24.5. The fourth-order valence-corrected chi connectivity index (χ4v) is 6.93. The van der Waals surface area contributed by atoms with E-state index in [4.69, 9.17) is 4.74 Å². The minimum Gasteiger partial charge on any atom is -0.482 e. The molecule has 0 N–H and O–H groups in total. The second kappa shape index (κ2) is 11.6. The van der Waals surface area contributed by atoms with Crippen LogP contribution in [0.1, 0.15) is 55.3 Å². The first-order chi connectivity index (χ1) is 19.5. The van der Waals surface area contributed by atoms with Crippen molar-refractivity contribution < 1.29 is 9.53 Å². The summed E-state index contributed by atoms with van der Waals surface area (Å²) in [6, 6.07) is 14.8. The number of aryl methyl sites for hydroxylation is 3. The van der Waals surface area contributed by atoms with Crippen molar-refractivity contribution in [3.63, 3.8) is 0 Å². The Hall–Kier alpha value is -3.39. The number of benzene rings is 2. The summed E-state index contributed by atoms with van der Waals surface area (Å²) in [6.07, 6.45) is 9.63. The lowest BCUT2D eigenvalue weighted by molar-refractivity contribution is -0.120. The molecule has 1 atom stereocenters. The molecule has 3 heterocycles. The van der Waals surface area contributed by atoms with Crippen molar-refractivity contribution in [2.75, 3.05) is 24.3 Å².